The van der Waals surface area contributed by atoms with E-state index in [0.29, 0.717) is 23.9 Å². The molecule has 152 valence electrons. The van der Waals surface area contributed by atoms with Crippen molar-refractivity contribution < 1.29 is 18.4 Å². The van der Waals surface area contributed by atoms with E-state index in [2.05, 4.69) is 29.4 Å². The lowest BCUT2D eigenvalue weighted by Crippen LogP contribution is -2.34. The van der Waals surface area contributed by atoms with Gasteiger partial charge in [-0.25, -0.2) is 8.78 Å². The fraction of sp³-hybridized carbons (Fsp3) is 0.300. The summed E-state index contributed by atoms with van der Waals surface area (Å²) in [5.74, 6) is -2.58. The van der Waals surface area contributed by atoms with Crippen LogP contribution in [0.1, 0.15) is 34.6 Å². The largest absolute Gasteiger partial charge is 0.351 e. The molecule has 0 fully saturated rings. The Morgan fingerprint density at radius 3 is 2.18 bits per heavy atom. The first-order chi connectivity index (χ1) is 12.9. The monoisotopic (exact) mass is 411 g/mol. The van der Waals surface area contributed by atoms with Crippen molar-refractivity contribution in [3.63, 3.8) is 0 Å². The van der Waals surface area contributed by atoms with Gasteiger partial charge in [0.15, 0.2) is 0 Å². The van der Waals surface area contributed by atoms with Gasteiger partial charge in [-0.1, -0.05) is 13.8 Å². The number of rotatable bonds is 8. The summed E-state index contributed by atoms with van der Waals surface area (Å²) in [6, 6.07) is 9.01. The number of hydrogen-bond acceptors (Lipinski definition) is 3. The second-order valence-corrected chi connectivity index (χ2v) is 5.94. The molecular weight excluding hydrogens is 388 g/mol. The zero-order valence-electron chi connectivity index (χ0n) is 15.8. The third kappa shape index (κ3) is 6.58. The Morgan fingerprint density at radius 1 is 0.964 bits per heavy atom. The molecule has 0 unspecified atom stereocenters. The van der Waals surface area contributed by atoms with Crippen molar-refractivity contribution in [2.24, 2.45) is 0 Å². The number of nitrogens with one attached hydrogen (secondary N) is 2. The summed E-state index contributed by atoms with van der Waals surface area (Å²) >= 11 is 0. The lowest BCUT2D eigenvalue weighted by Gasteiger charge is -2.18. The zero-order valence-corrected chi connectivity index (χ0v) is 16.6. The maximum Gasteiger partial charge on any atom is 0.258 e. The quantitative estimate of drug-likeness (QED) is 0.696. The normalized spacial score (nSPS) is 10.3. The summed E-state index contributed by atoms with van der Waals surface area (Å²) in [5.41, 5.74) is 0.610. The Hall–Kier alpha value is -2.51. The number of carbonyl (C=O) groups excluding carboxylic acids is 2. The number of halogens is 3. The highest BCUT2D eigenvalue weighted by atomic mass is 35.5. The van der Waals surface area contributed by atoms with Crippen LogP contribution in [0, 0.1) is 11.6 Å². The highest BCUT2D eigenvalue weighted by Gasteiger charge is 2.13. The van der Waals surface area contributed by atoms with E-state index in [0.717, 1.165) is 31.8 Å². The summed E-state index contributed by atoms with van der Waals surface area (Å²) in [7, 11) is 0. The molecule has 2 rings (SSSR count). The van der Waals surface area contributed by atoms with Crippen LogP contribution in [0.4, 0.5) is 14.5 Å². The summed E-state index contributed by atoms with van der Waals surface area (Å²) < 4.78 is 26.6. The highest BCUT2D eigenvalue weighted by Crippen LogP contribution is 2.14. The van der Waals surface area contributed by atoms with Gasteiger partial charge in [-0.3, -0.25) is 9.59 Å². The Labute approximate surface area is 169 Å². The van der Waals surface area contributed by atoms with Crippen LogP contribution in [0.5, 0.6) is 0 Å². The SMILES string of the molecule is CCN(CC)CCNC(=O)c1ccc(NC(=O)c2ccc(F)cc2F)cc1.Cl. The molecule has 0 saturated carbocycles. The molecule has 0 spiro atoms. The molecule has 0 radical (unpaired) electrons. The fourth-order valence-electron chi connectivity index (χ4n) is 2.55. The molecule has 8 heteroatoms. The van der Waals surface area contributed by atoms with Crippen molar-refractivity contribution in [2.45, 2.75) is 13.8 Å². The van der Waals surface area contributed by atoms with Crippen LogP contribution in [0.2, 0.25) is 0 Å². The van der Waals surface area contributed by atoms with Crippen LogP contribution in [-0.2, 0) is 0 Å². The minimum Gasteiger partial charge on any atom is -0.351 e. The number of nitrogens with zero attached hydrogens (tertiary/aromatic N) is 1. The van der Waals surface area contributed by atoms with Crippen LogP contribution >= 0.6 is 12.4 Å². The maximum absolute atomic E-state index is 13.6. The number of likely N-dealkylation sites (N-methyl/N-ethyl adjacent to an activating group) is 1. The molecule has 0 aromatic heterocycles. The van der Waals surface area contributed by atoms with Crippen molar-refractivity contribution in [1.29, 1.82) is 0 Å². The second-order valence-electron chi connectivity index (χ2n) is 5.94. The zero-order chi connectivity index (χ0) is 19.8. The molecule has 0 aliphatic heterocycles. The molecule has 0 atom stereocenters. The van der Waals surface area contributed by atoms with Gasteiger partial charge in [-0.05, 0) is 49.5 Å². The Kier molecular flexibility index (Phi) is 9.55. The van der Waals surface area contributed by atoms with Crippen molar-refractivity contribution in [1.82, 2.24) is 10.2 Å². The molecule has 2 aromatic carbocycles. The maximum atomic E-state index is 13.6. The molecule has 28 heavy (non-hydrogen) atoms. The second kappa shape index (κ2) is 11.4. The van der Waals surface area contributed by atoms with E-state index in [-0.39, 0.29) is 23.9 Å². The van der Waals surface area contributed by atoms with Crippen LogP contribution in [0.25, 0.3) is 0 Å². The summed E-state index contributed by atoms with van der Waals surface area (Å²) in [6.07, 6.45) is 0. The topological polar surface area (TPSA) is 61.4 Å². The molecule has 0 heterocycles. The van der Waals surface area contributed by atoms with Crippen molar-refractivity contribution >= 4 is 29.9 Å². The van der Waals surface area contributed by atoms with E-state index in [9.17, 15) is 18.4 Å². The van der Waals surface area contributed by atoms with Crippen LogP contribution in [0.3, 0.4) is 0 Å². The molecule has 2 amide bonds. The first-order valence-corrected chi connectivity index (χ1v) is 8.81. The predicted octanol–water partition coefficient (Wildman–Crippen LogP) is 3.71. The van der Waals surface area contributed by atoms with Crippen molar-refractivity contribution in [3.8, 4) is 0 Å². The Morgan fingerprint density at radius 2 is 1.61 bits per heavy atom. The van der Waals surface area contributed by atoms with Gasteiger partial charge in [0.2, 0.25) is 0 Å². The van der Waals surface area contributed by atoms with Crippen LogP contribution < -0.4 is 10.6 Å². The van der Waals surface area contributed by atoms with E-state index in [1.54, 1.807) is 24.3 Å². The van der Waals surface area contributed by atoms with E-state index in [4.69, 9.17) is 0 Å². The molecule has 0 aliphatic rings. The van der Waals surface area contributed by atoms with Gasteiger partial charge >= 0.3 is 0 Å². The average Bonchev–Trinajstić information content (AvgIpc) is 2.65. The molecule has 2 aromatic rings. The number of amides is 2. The summed E-state index contributed by atoms with van der Waals surface area (Å²) in [5, 5.41) is 5.36. The lowest BCUT2D eigenvalue weighted by molar-refractivity contribution is 0.0948. The number of benzene rings is 2. The number of anilines is 1. The number of hydrogen-bond donors (Lipinski definition) is 2. The van der Waals surface area contributed by atoms with Crippen LogP contribution in [-0.4, -0.2) is 42.9 Å². The minimum atomic E-state index is -0.934. The molecule has 0 bridgehead atoms. The van der Waals surface area contributed by atoms with E-state index in [1.165, 1.54) is 0 Å². The lowest BCUT2D eigenvalue weighted by atomic mass is 10.1. The van der Waals surface area contributed by atoms with E-state index >= 15 is 0 Å². The van der Waals surface area contributed by atoms with Crippen molar-refractivity contribution in [3.05, 3.63) is 65.2 Å². The molecule has 5 nitrogen and oxygen atoms in total. The third-order valence-electron chi connectivity index (χ3n) is 4.19. The predicted molar refractivity (Wildman–Crippen MR) is 108 cm³/mol. The van der Waals surface area contributed by atoms with Gasteiger partial charge in [0.25, 0.3) is 11.8 Å². The van der Waals surface area contributed by atoms with Gasteiger partial charge in [0, 0.05) is 30.4 Å². The van der Waals surface area contributed by atoms with Gasteiger partial charge in [0.05, 0.1) is 5.56 Å². The first kappa shape index (κ1) is 23.5. The minimum absolute atomic E-state index is 0. The Bertz CT molecular complexity index is 797. The summed E-state index contributed by atoms with van der Waals surface area (Å²) in [6.45, 7) is 7.30. The molecule has 0 aliphatic carbocycles. The van der Waals surface area contributed by atoms with E-state index in [1.807, 2.05) is 0 Å². The standard InChI is InChI=1S/C20H23F2N3O2.ClH/c1-3-25(4-2)12-11-23-19(26)14-5-8-16(9-6-14)24-20(27)17-10-7-15(21)13-18(17)22;/h5-10,13H,3-4,11-12H2,1-2H3,(H,23,26)(H,24,27);1H. The van der Waals surface area contributed by atoms with Gasteiger partial charge in [-0.2, -0.15) is 0 Å². The molecule has 2 N–H and O–H groups in total. The van der Waals surface area contributed by atoms with Crippen molar-refractivity contribution in [2.75, 3.05) is 31.5 Å². The fourth-order valence-corrected chi connectivity index (χ4v) is 2.55. The first-order valence-electron chi connectivity index (χ1n) is 8.81. The third-order valence-corrected chi connectivity index (χ3v) is 4.19. The average molecular weight is 412 g/mol. The highest BCUT2D eigenvalue weighted by molar-refractivity contribution is 6.04. The molecule has 0 saturated heterocycles. The summed E-state index contributed by atoms with van der Waals surface area (Å²) in [4.78, 5) is 26.4. The van der Waals surface area contributed by atoms with E-state index < -0.39 is 17.5 Å². The van der Waals surface area contributed by atoms with Gasteiger partial charge in [-0.15, -0.1) is 12.4 Å². The Balaban J connectivity index is 0.00000392. The number of carbonyl (C=O) groups is 2. The van der Waals surface area contributed by atoms with Gasteiger partial charge < -0.3 is 15.5 Å². The smallest absolute Gasteiger partial charge is 0.258 e. The van der Waals surface area contributed by atoms with Crippen LogP contribution in [0.15, 0.2) is 42.5 Å². The molecular formula is C20H24ClF2N3O2. The van der Waals surface area contributed by atoms with Gasteiger partial charge in [0.1, 0.15) is 11.6 Å².